The maximum Gasteiger partial charge on any atom is 0.233 e. The van der Waals surface area contributed by atoms with Gasteiger partial charge in [0.15, 0.2) is 0 Å². The number of hydrogen-bond acceptors (Lipinski definition) is 3. The molecule has 5 heteroatoms. The predicted molar refractivity (Wildman–Crippen MR) is 113 cm³/mol. The molecule has 0 aromatic heterocycles. The van der Waals surface area contributed by atoms with E-state index in [1.165, 1.54) is 24.7 Å². The SMILES string of the molecule is CCCCC=CCC1CCCCC1NS(=O)(=O)C=Cc1cccc(OC)c1. The van der Waals surface area contributed by atoms with Gasteiger partial charge in [0.1, 0.15) is 5.75 Å². The molecule has 0 radical (unpaired) electrons. The van der Waals surface area contributed by atoms with Crippen LogP contribution in [-0.4, -0.2) is 21.6 Å². The normalized spacial score (nSPS) is 21.1. The molecule has 2 rings (SSSR count). The highest BCUT2D eigenvalue weighted by Gasteiger charge is 2.27. The minimum absolute atomic E-state index is 0.0227. The van der Waals surface area contributed by atoms with E-state index in [0.717, 1.165) is 37.7 Å². The van der Waals surface area contributed by atoms with Gasteiger partial charge >= 0.3 is 0 Å². The van der Waals surface area contributed by atoms with Gasteiger partial charge in [-0.05, 0) is 55.4 Å². The Morgan fingerprint density at radius 3 is 2.81 bits per heavy atom. The van der Waals surface area contributed by atoms with E-state index in [2.05, 4.69) is 23.8 Å². The Balaban J connectivity index is 1.96. The van der Waals surface area contributed by atoms with E-state index in [4.69, 9.17) is 4.74 Å². The predicted octanol–water partition coefficient (Wildman–Crippen LogP) is 5.28. The lowest BCUT2D eigenvalue weighted by molar-refractivity contribution is 0.292. The van der Waals surface area contributed by atoms with E-state index >= 15 is 0 Å². The van der Waals surface area contributed by atoms with Gasteiger partial charge in [-0.2, -0.15) is 0 Å². The van der Waals surface area contributed by atoms with Crippen LogP contribution in [0.2, 0.25) is 0 Å². The number of ether oxygens (including phenoxy) is 1. The first-order chi connectivity index (χ1) is 13.0. The van der Waals surface area contributed by atoms with Gasteiger partial charge in [0, 0.05) is 11.4 Å². The van der Waals surface area contributed by atoms with Crippen molar-refractivity contribution in [2.45, 2.75) is 64.3 Å². The molecule has 27 heavy (non-hydrogen) atoms. The number of nitrogens with one attached hydrogen (secondary N) is 1. The number of benzene rings is 1. The molecule has 150 valence electrons. The minimum Gasteiger partial charge on any atom is -0.497 e. The monoisotopic (exact) mass is 391 g/mol. The van der Waals surface area contributed by atoms with Crippen molar-refractivity contribution in [3.8, 4) is 5.75 Å². The summed E-state index contributed by atoms with van der Waals surface area (Å²) >= 11 is 0. The van der Waals surface area contributed by atoms with Crippen molar-refractivity contribution in [3.63, 3.8) is 0 Å². The first-order valence-electron chi connectivity index (χ1n) is 10.0. The van der Waals surface area contributed by atoms with Crippen molar-refractivity contribution >= 4 is 16.1 Å². The highest BCUT2D eigenvalue weighted by atomic mass is 32.2. The van der Waals surface area contributed by atoms with Crippen LogP contribution < -0.4 is 9.46 Å². The first-order valence-corrected chi connectivity index (χ1v) is 11.6. The summed E-state index contributed by atoms with van der Waals surface area (Å²) in [7, 11) is -1.87. The maximum absolute atomic E-state index is 12.5. The minimum atomic E-state index is -3.47. The smallest absolute Gasteiger partial charge is 0.233 e. The quantitative estimate of drug-likeness (QED) is 0.436. The molecule has 1 fully saturated rings. The first kappa shape index (κ1) is 21.7. The second kappa shape index (κ2) is 11.3. The Hall–Kier alpha value is -1.59. The molecule has 0 amide bonds. The van der Waals surface area contributed by atoms with Gasteiger partial charge < -0.3 is 4.74 Å². The molecule has 0 spiro atoms. The van der Waals surface area contributed by atoms with E-state index in [-0.39, 0.29) is 6.04 Å². The summed E-state index contributed by atoms with van der Waals surface area (Å²) in [4.78, 5) is 0. The summed E-state index contributed by atoms with van der Waals surface area (Å²) < 4.78 is 33.2. The van der Waals surface area contributed by atoms with Gasteiger partial charge in [-0.3, -0.25) is 0 Å². The second-order valence-corrected chi connectivity index (χ2v) is 8.84. The van der Waals surface area contributed by atoms with Gasteiger partial charge in [-0.25, -0.2) is 13.1 Å². The molecular formula is C22H33NO3S. The zero-order chi connectivity index (χ0) is 19.5. The molecule has 1 aliphatic rings. The Morgan fingerprint density at radius 2 is 2.04 bits per heavy atom. The second-order valence-electron chi connectivity index (χ2n) is 7.24. The standard InChI is InChI=1S/C22H33NO3S/c1-3-4-5-6-7-12-20-13-8-9-15-22(20)23-27(24,25)17-16-19-11-10-14-21(18-19)26-2/h6-7,10-11,14,16-18,20,22-23H,3-5,8-9,12-13,15H2,1-2H3. The summed E-state index contributed by atoms with van der Waals surface area (Å²) in [5.74, 6) is 1.10. The summed E-state index contributed by atoms with van der Waals surface area (Å²) in [5, 5.41) is 1.27. The lowest BCUT2D eigenvalue weighted by Gasteiger charge is -2.31. The van der Waals surface area contributed by atoms with E-state index in [1.807, 2.05) is 24.3 Å². The maximum atomic E-state index is 12.5. The van der Waals surface area contributed by atoms with Crippen LogP contribution >= 0.6 is 0 Å². The summed E-state index contributed by atoms with van der Waals surface area (Å²) in [5.41, 5.74) is 0.804. The fraction of sp³-hybridized carbons (Fsp3) is 0.545. The van der Waals surface area contributed by atoms with Gasteiger partial charge in [-0.15, -0.1) is 0 Å². The van der Waals surface area contributed by atoms with Gasteiger partial charge in [-0.1, -0.05) is 56.9 Å². The van der Waals surface area contributed by atoms with Crippen LogP contribution in [0.25, 0.3) is 6.08 Å². The number of sulfonamides is 1. The van der Waals surface area contributed by atoms with Crippen molar-refractivity contribution < 1.29 is 13.2 Å². The Labute approximate surface area is 164 Å². The van der Waals surface area contributed by atoms with E-state index in [1.54, 1.807) is 13.2 Å². The number of unbranched alkanes of at least 4 members (excludes halogenated alkanes) is 2. The molecule has 0 saturated heterocycles. The van der Waals surface area contributed by atoms with E-state index < -0.39 is 10.0 Å². The molecule has 1 saturated carbocycles. The third-order valence-corrected chi connectivity index (χ3v) is 6.21. The number of methoxy groups -OCH3 is 1. The topological polar surface area (TPSA) is 55.4 Å². The molecule has 0 heterocycles. The summed E-state index contributed by atoms with van der Waals surface area (Å²) in [6.45, 7) is 2.19. The Bertz CT molecular complexity index is 725. The number of hydrogen-bond donors (Lipinski definition) is 1. The molecule has 1 aromatic rings. The van der Waals surface area contributed by atoms with Crippen molar-refractivity contribution in [1.82, 2.24) is 4.72 Å². The van der Waals surface area contributed by atoms with Crippen LogP contribution in [0.3, 0.4) is 0 Å². The molecule has 1 N–H and O–H groups in total. The van der Waals surface area contributed by atoms with Crippen molar-refractivity contribution in [1.29, 1.82) is 0 Å². The van der Waals surface area contributed by atoms with E-state index in [0.29, 0.717) is 11.7 Å². The average Bonchev–Trinajstić information content (AvgIpc) is 2.67. The van der Waals surface area contributed by atoms with Gasteiger partial charge in [0.05, 0.1) is 7.11 Å². The highest BCUT2D eigenvalue weighted by molar-refractivity contribution is 7.92. The fourth-order valence-electron chi connectivity index (χ4n) is 3.52. The van der Waals surface area contributed by atoms with Crippen LogP contribution in [0.1, 0.15) is 63.9 Å². The van der Waals surface area contributed by atoms with Crippen molar-refractivity contribution in [2.75, 3.05) is 7.11 Å². The lowest BCUT2D eigenvalue weighted by Crippen LogP contribution is -2.41. The summed E-state index contributed by atoms with van der Waals surface area (Å²) in [6.07, 6.45) is 14.9. The van der Waals surface area contributed by atoms with E-state index in [9.17, 15) is 8.42 Å². The zero-order valence-corrected chi connectivity index (χ0v) is 17.4. The van der Waals surface area contributed by atoms with Crippen LogP contribution in [0.4, 0.5) is 0 Å². The fourth-order valence-corrected chi connectivity index (χ4v) is 4.67. The van der Waals surface area contributed by atoms with Gasteiger partial charge in [0.2, 0.25) is 10.0 Å². The molecule has 1 aliphatic carbocycles. The van der Waals surface area contributed by atoms with Crippen LogP contribution in [0, 0.1) is 5.92 Å². The summed E-state index contributed by atoms with van der Waals surface area (Å²) in [6, 6.07) is 7.38. The number of allylic oxidation sites excluding steroid dienone is 2. The van der Waals surface area contributed by atoms with Crippen LogP contribution in [0.5, 0.6) is 5.75 Å². The zero-order valence-electron chi connectivity index (χ0n) is 16.6. The molecule has 2 atom stereocenters. The third kappa shape index (κ3) is 7.89. The van der Waals surface area contributed by atoms with Crippen LogP contribution in [0.15, 0.2) is 41.8 Å². The Morgan fingerprint density at radius 1 is 1.22 bits per heavy atom. The molecule has 1 aromatic carbocycles. The average molecular weight is 392 g/mol. The van der Waals surface area contributed by atoms with Crippen molar-refractivity contribution in [3.05, 3.63) is 47.4 Å². The largest absolute Gasteiger partial charge is 0.497 e. The molecular weight excluding hydrogens is 358 g/mol. The molecule has 4 nitrogen and oxygen atoms in total. The third-order valence-electron chi connectivity index (χ3n) is 5.09. The van der Waals surface area contributed by atoms with Crippen LogP contribution in [-0.2, 0) is 10.0 Å². The molecule has 0 aliphatic heterocycles. The number of rotatable bonds is 10. The Kier molecular flexibility index (Phi) is 9.08. The lowest BCUT2D eigenvalue weighted by atomic mass is 9.83. The van der Waals surface area contributed by atoms with Gasteiger partial charge in [0.25, 0.3) is 0 Å². The molecule has 0 bridgehead atoms. The van der Waals surface area contributed by atoms with Crippen molar-refractivity contribution in [2.24, 2.45) is 5.92 Å². The highest BCUT2D eigenvalue weighted by Crippen LogP contribution is 2.28. The molecule has 2 unspecified atom stereocenters.